The van der Waals surface area contributed by atoms with Gasteiger partial charge in [-0.1, -0.05) is 11.6 Å². The van der Waals surface area contributed by atoms with E-state index in [1.807, 2.05) is 12.1 Å². The molecule has 1 saturated heterocycles. The molecule has 18 heavy (non-hydrogen) atoms. The lowest BCUT2D eigenvalue weighted by Gasteiger charge is -2.36. The van der Waals surface area contributed by atoms with Crippen LogP contribution in [0.1, 0.15) is 25.7 Å². The molecule has 4 nitrogen and oxygen atoms in total. The van der Waals surface area contributed by atoms with Crippen LogP contribution in [-0.4, -0.2) is 30.0 Å². The summed E-state index contributed by atoms with van der Waals surface area (Å²) in [5.41, 5.74) is 0.911. The molecule has 5 heteroatoms. The number of aromatic nitrogens is 1. The highest BCUT2D eigenvalue weighted by Gasteiger charge is 2.40. The maximum Gasteiger partial charge on any atom is 0.168 e. The molecule has 1 spiro atoms. The maximum absolute atomic E-state index is 6.04. The first kappa shape index (κ1) is 12.2. The van der Waals surface area contributed by atoms with Crippen LogP contribution in [0.3, 0.4) is 0 Å². The Bertz CT molecular complexity index is 411. The van der Waals surface area contributed by atoms with E-state index in [0.717, 1.165) is 44.6 Å². The van der Waals surface area contributed by atoms with E-state index in [1.165, 1.54) is 0 Å². The fourth-order valence-corrected chi connectivity index (χ4v) is 2.88. The predicted molar refractivity (Wildman–Crippen MR) is 69.8 cm³/mol. The molecule has 0 bridgehead atoms. The van der Waals surface area contributed by atoms with Crippen LogP contribution in [0.15, 0.2) is 18.3 Å². The van der Waals surface area contributed by atoms with Gasteiger partial charge in [-0.05, 0) is 25.0 Å². The highest BCUT2D eigenvalue weighted by atomic mass is 35.5. The second kappa shape index (κ2) is 5.03. The van der Waals surface area contributed by atoms with E-state index >= 15 is 0 Å². The monoisotopic (exact) mass is 268 g/mol. The van der Waals surface area contributed by atoms with Gasteiger partial charge in [-0.3, -0.25) is 0 Å². The Hall–Kier alpha value is -0.840. The van der Waals surface area contributed by atoms with Gasteiger partial charge in [0.05, 0.1) is 18.9 Å². The first-order valence-electron chi connectivity index (χ1n) is 6.42. The number of nitrogens with one attached hydrogen (secondary N) is 1. The first-order valence-corrected chi connectivity index (χ1v) is 6.80. The van der Waals surface area contributed by atoms with E-state index in [-0.39, 0.29) is 5.79 Å². The molecule has 2 fully saturated rings. The van der Waals surface area contributed by atoms with Gasteiger partial charge in [-0.25, -0.2) is 4.98 Å². The number of hydrogen-bond acceptors (Lipinski definition) is 4. The van der Waals surface area contributed by atoms with Gasteiger partial charge < -0.3 is 14.8 Å². The third-order valence-corrected chi connectivity index (χ3v) is 3.98. The zero-order valence-corrected chi connectivity index (χ0v) is 10.9. The topological polar surface area (TPSA) is 43.4 Å². The van der Waals surface area contributed by atoms with Gasteiger partial charge in [-0.2, -0.15) is 0 Å². The summed E-state index contributed by atoms with van der Waals surface area (Å²) in [5.74, 6) is -0.295. The molecule has 1 N–H and O–H groups in total. The summed E-state index contributed by atoms with van der Waals surface area (Å²) in [6.07, 6.45) is 5.66. The molecule has 0 atom stereocenters. The molecular weight excluding hydrogens is 252 g/mol. The zero-order chi connectivity index (χ0) is 12.4. The van der Waals surface area contributed by atoms with E-state index in [2.05, 4.69) is 10.3 Å². The average molecular weight is 269 g/mol. The van der Waals surface area contributed by atoms with Crippen LogP contribution in [0.5, 0.6) is 0 Å². The minimum Gasteiger partial charge on any atom is -0.380 e. The Morgan fingerprint density at radius 1 is 1.28 bits per heavy atom. The summed E-state index contributed by atoms with van der Waals surface area (Å²) < 4.78 is 11.4. The Morgan fingerprint density at radius 3 is 2.67 bits per heavy atom. The standard InChI is InChI=1S/C13H17ClN2O2/c14-12-11(2-1-7-15-12)16-10-3-5-13(6-4-10)17-8-9-18-13/h1-2,7,10,16H,3-6,8-9H2. The van der Waals surface area contributed by atoms with Crippen LogP contribution < -0.4 is 5.32 Å². The van der Waals surface area contributed by atoms with Gasteiger partial charge in [0.1, 0.15) is 0 Å². The Labute approximate surface area is 112 Å². The Kier molecular flexibility index (Phi) is 3.41. The van der Waals surface area contributed by atoms with Crippen molar-refractivity contribution in [1.29, 1.82) is 0 Å². The van der Waals surface area contributed by atoms with Gasteiger partial charge >= 0.3 is 0 Å². The van der Waals surface area contributed by atoms with Crippen LogP contribution in [-0.2, 0) is 9.47 Å². The largest absolute Gasteiger partial charge is 0.380 e. The lowest BCUT2D eigenvalue weighted by molar-refractivity contribution is -0.177. The quantitative estimate of drug-likeness (QED) is 0.838. The molecule has 2 heterocycles. The minimum atomic E-state index is -0.295. The third kappa shape index (κ3) is 2.46. The van der Waals surface area contributed by atoms with Gasteiger partial charge in [0, 0.05) is 25.1 Å². The number of rotatable bonds is 2. The van der Waals surface area contributed by atoms with Crippen LogP contribution in [0, 0.1) is 0 Å². The lowest BCUT2D eigenvalue weighted by atomic mass is 9.90. The van der Waals surface area contributed by atoms with E-state index in [1.54, 1.807) is 6.20 Å². The molecule has 0 unspecified atom stereocenters. The van der Waals surface area contributed by atoms with Crippen LogP contribution in [0.25, 0.3) is 0 Å². The average Bonchev–Trinajstić information content (AvgIpc) is 2.84. The lowest BCUT2D eigenvalue weighted by Crippen LogP contribution is -2.39. The van der Waals surface area contributed by atoms with Crippen molar-refractivity contribution in [3.63, 3.8) is 0 Å². The second-order valence-corrected chi connectivity index (χ2v) is 5.23. The van der Waals surface area contributed by atoms with Crippen molar-refractivity contribution in [3.8, 4) is 0 Å². The minimum absolute atomic E-state index is 0.295. The van der Waals surface area contributed by atoms with Crippen molar-refractivity contribution < 1.29 is 9.47 Å². The van der Waals surface area contributed by atoms with Crippen molar-refractivity contribution >= 4 is 17.3 Å². The Balaban J connectivity index is 1.59. The van der Waals surface area contributed by atoms with Gasteiger partial charge in [-0.15, -0.1) is 0 Å². The first-order chi connectivity index (χ1) is 8.77. The molecule has 98 valence electrons. The number of halogens is 1. The molecule has 0 amide bonds. The predicted octanol–water partition coefficient (Wildman–Crippen LogP) is 2.83. The van der Waals surface area contributed by atoms with Crippen molar-refractivity contribution in [3.05, 3.63) is 23.5 Å². The van der Waals surface area contributed by atoms with Crippen molar-refractivity contribution in [2.24, 2.45) is 0 Å². The molecule has 1 saturated carbocycles. The number of anilines is 1. The summed E-state index contributed by atoms with van der Waals surface area (Å²) in [6.45, 7) is 1.46. The highest BCUT2D eigenvalue weighted by molar-refractivity contribution is 6.31. The number of pyridine rings is 1. The van der Waals surface area contributed by atoms with Gasteiger partial charge in [0.2, 0.25) is 0 Å². The summed E-state index contributed by atoms with van der Waals surface area (Å²) in [5, 5.41) is 3.98. The second-order valence-electron chi connectivity index (χ2n) is 4.87. The number of hydrogen-bond donors (Lipinski definition) is 1. The molecule has 2 aliphatic rings. The van der Waals surface area contributed by atoms with E-state index in [0.29, 0.717) is 11.2 Å². The molecule has 0 radical (unpaired) electrons. The zero-order valence-electron chi connectivity index (χ0n) is 10.2. The molecule has 0 aromatic carbocycles. The molecule has 1 aliphatic heterocycles. The fourth-order valence-electron chi connectivity index (χ4n) is 2.70. The van der Waals surface area contributed by atoms with Crippen LogP contribution in [0.2, 0.25) is 5.15 Å². The smallest absolute Gasteiger partial charge is 0.168 e. The molecule has 3 rings (SSSR count). The summed E-state index contributed by atoms with van der Waals surface area (Å²) in [7, 11) is 0. The Morgan fingerprint density at radius 2 is 2.00 bits per heavy atom. The van der Waals surface area contributed by atoms with Gasteiger partial charge in [0.15, 0.2) is 10.9 Å². The summed E-state index contributed by atoms with van der Waals surface area (Å²) >= 11 is 6.04. The van der Waals surface area contributed by atoms with E-state index in [9.17, 15) is 0 Å². The van der Waals surface area contributed by atoms with Gasteiger partial charge in [0.25, 0.3) is 0 Å². The van der Waals surface area contributed by atoms with E-state index in [4.69, 9.17) is 21.1 Å². The summed E-state index contributed by atoms with van der Waals surface area (Å²) in [6, 6.07) is 4.27. The number of nitrogens with zero attached hydrogens (tertiary/aromatic N) is 1. The van der Waals surface area contributed by atoms with Crippen LogP contribution >= 0.6 is 11.6 Å². The number of ether oxygens (including phenoxy) is 2. The fraction of sp³-hybridized carbons (Fsp3) is 0.615. The van der Waals surface area contributed by atoms with Crippen molar-refractivity contribution in [1.82, 2.24) is 4.98 Å². The normalized spacial score (nSPS) is 23.4. The van der Waals surface area contributed by atoms with Crippen molar-refractivity contribution in [2.45, 2.75) is 37.5 Å². The summed E-state index contributed by atoms with van der Waals surface area (Å²) in [4.78, 5) is 4.07. The SMILES string of the molecule is Clc1ncccc1NC1CCC2(CC1)OCCO2. The highest BCUT2D eigenvalue weighted by Crippen LogP contribution is 2.37. The van der Waals surface area contributed by atoms with E-state index < -0.39 is 0 Å². The molecule has 1 aliphatic carbocycles. The van der Waals surface area contributed by atoms with Crippen LogP contribution in [0.4, 0.5) is 5.69 Å². The molecule has 1 aromatic heterocycles. The van der Waals surface area contributed by atoms with Crippen molar-refractivity contribution in [2.75, 3.05) is 18.5 Å². The molecule has 1 aromatic rings. The third-order valence-electron chi connectivity index (χ3n) is 3.68. The molecular formula is C13H17ClN2O2. The maximum atomic E-state index is 6.04.